The second-order valence-electron chi connectivity index (χ2n) is 3.85. The number of rotatable bonds is 5. The average Bonchev–Trinajstić information content (AvgIpc) is 2.65. The highest BCUT2D eigenvalue weighted by atomic mass is 19.3. The highest BCUT2D eigenvalue weighted by Gasteiger charge is 2.12. The quantitative estimate of drug-likeness (QED) is 0.868. The van der Waals surface area contributed by atoms with Crippen LogP contribution in [-0.2, 0) is 13.1 Å². The van der Waals surface area contributed by atoms with E-state index in [0.29, 0.717) is 12.2 Å². The predicted molar refractivity (Wildman–Crippen MR) is 63.1 cm³/mol. The van der Waals surface area contributed by atoms with Crippen LogP contribution in [0, 0.1) is 0 Å². The summed E-state index contributed by atoms with van der Waals surface area (Å²) in [6.45, 7) is 3.23. The molecule has 0 aliphatic carbocycles. The third-order valence-corrected chi connectivity index (χ3v) is 2.62. The number of hydrogen-bond acceptors (Lipinski definition) is 2. The first-order chi connectivity index (χ1) is 8.22. The van der Waals surface area contributed by atoms with Gasteiger partial charge in [0.25, 0.3) is 6.43 Å². The number of hydrogen-bond donors (Lipinski definition) is 1. The van der Waals surface area contributed by atoms with E-state index in [4.69, 9.17) is 0 Å². The minimum atomic E-state index is -2.36. The van der Waals surface area contributed by atoms with Crippen LogP contribution in [0.4, 0.5) is 8.78 Å². The molecule has 0 amide bonds. The van der Waals surface area contributed by atoms with Crippen LogP contribution in [0.3, 0.4) is 0 Å². The molecule has 0 unspecified atom stereocenters. The lowest BCUT2D eigenvalue weighted by atomic mass is 10.2. The lowest BCUT2D eigenvalue weighted by Gasteiger charge is -2.02. The van der Waals surface area contributed by atoms with Gasteiger partial charge in [-0.15, -0.1) is 0 Å². The molecule has 0 fully saturated rings. The summed E-state index contributed by atoms with van der Waals surface area (Å²) in [5, 5.41) is 4.13. The van der Waals surface area contributed by atoms with Crippen molar-refractivity contribution in [3.8, 4) is 0 Å². The molecule has 3 nitrogen and oxygen atoms in total. The Labute approximate surface area is 98.5 Å². The number of pyridine rings is 1. The molecule has 0 aromatic carbocycles. The maximum atomic E-state index is 12.4. The summed E-state index contributed by atoms with van der Waals surface area (Å²) in [7, 11) is 0. The summed E-state index contributed by atoms with van der Waals surface area (Å²) in [6.07, 6.45) is 1.02. The van der Waals surface area contributed by atoms with E-state index in [1.165, 1.54) is 4.57 Å². The van der Waals surface area contributed by atoms with E-state index < -0.39 is 6.43 Å². The van der Waals surface area contributed by atoms with Crippen molar-refractivity contribution in [1.82, 2.24) is 14.9 Å². The molecule has 0 bridgehead atoms. The summed E-state index contributed by atoms with van der Waals surface area (Å²) in [5.74, 6) is 0. The Bertz CT molecular complexity index is 493. The van der Waals surface area contributed by atoms with Crippen LogP contribution in [-0.4, -0.2) is 22.5 Å². The van der Waals surface area contributed by atoms with Crippen LogP contribution in [0.2, 0.25) is 0 Å². The molecule has 17 heavy (non-hydrogen) atoms. The molecule has 0 aliphatic heterocycles. The minimum Gasteiger partial charge on any atom is -0.326 e. The zero-order valence-electron chi connectivity index (χ0n) is 9.66. The maximum absolute atomic E-state index is 12.4. The molecular formula is C12H15F2N3. The smallest absolute Gasteiger partial charge is 0.256 e. The van der Waals surface area contributed by atoms with Gasteiger partial charge in [0.1, 0.15) is 5.65 Å². The second kappa shape index (κ2) is 5.23. The molecule has 0 atom stereocenters. The minimum absolute atomic E-state index is 0.306. The lowest BCUT2D eigenvalue weighted by Crippen LogP contribution is -2.11. The third kappa shape index (κ3) is 2.61. The molecule has 5 heteroatoms. The molecule has 2 rings (SSSR count). The number of alkyl halides is 2. The van der Waals surface area contributed by atoms with Gasteiger partial charge in [0.2, 0.25) is 0 Å². The van der Waals surface area contributed by atoms with Gasteiger partial charge in [-0.1, -0.05) is 6.92 Å². The molecular weight excluding hydrogens is 224 g/mol. The van der Waals surface area contributed by atoms with Crippen molar-refractivity contribution in [2.45, 2.75) is 26.4 Å². The average molecular weight is 239 g/mol. The van der Waals surface area contributed by atoms with Crippen molar-refractivity contribution in [3.63, 3.8) is 0 Å². The summed E-state index contributed by atoms with van der Waals surface area (Å²) in [4.78, 5) is 4.16. The molecule has 92 valence electrons. The Morgan fingerprint density at radius 1 is 1.47 bits per heavy atom. The van der Waals surface area contributed by atoms with Crippen molar-refractivity contribution in [2.24, 2.45) is 0 Å². The zero-order valence-corrected chi connectivity index (χ0v) is 9.66. The van der Waals surface area contributed by atoms with E-state index in [1.807, 2.05) is 19.1 Å². The van der Waals surface area contributed by atoms with Gasteiger partial charge in [-0.05, 0) is 24.2 Å². The molecule has 0 radical (unpaired) electrons. The molecule has 2 heterocycles. The van der Waals surface area contributed by atoms with Crippen molar-refractivity contribution in [1.29, 1.82) is 0 Å². The van der Waals surface area contributed by atoms with Gasteiger partial charge in [-0.2, -0.15) is 0 Å². The van der Waals surface area contributed by atoms with Crippen molar-refractivity contribution in [2.75, 3.05) is 6.54 Å². The fraction of sp³-hybridized carbons (Fsp3) is 0.417. The Kier molecular flexibility index (Phi) is 3.68. The molecule has 0 aliphatic rings. The SMILES string of the molecule is CCNCc1cn(CC(F)F)c2ncccc12. The first-order valence-electron chi connectivity index (χ1n) is 5.64. The van der Waals surface area contributed by atoms with Gasteiger partial charge in [0.15, 0.2) is 0 Å². The van der Waals surface area contributed by atoms with Crippen molar-refractivity contribution < 1.29 is 8.78 Å². The molecule has 2 aromatic rings. The van der Waals surface area contributed by atoms with Crippen LogP contribution in [0.25, 0.3) is 11.0 Å². The van der Waals surface area contributed by atoms with Gasteiger partial charge >= 0.3 is 0 Å². The largest absolute Gasteiger partial charge is 0.326 e. The Balaban J connectivity index is 2.39. The first kappa shape index (κ1) is 12.0. The molecule has 0 spiro atoms. The van der Waals surface area contributed by atoms with Crippen molar-refractivity contribution in [3.05, 3.63) is 30.1 Å². The van der Waals surface area contributed by atoms with E-state index in [0.717, 1.165) is 17.5 Å². The van der Waals surface area contributed by atoms with Gasteiger partial charge in [-0.25, -0.2) is 13.8 Å². The fourth-order valence-electron chi connectivity index (χ4n) is 1.88. The number of nitrogens with one attached hydrogen (secondary N) is 1. The maximum Gasteiger partial charge on any atom is 0.256 e. The van der Waals surface area contributed by atoms with E-state index >= 15 is 0 Å². The van der Waals surface area contributed by atoms with Gasteiger partial charge in [0.05, 0.1) is 6.54 Å². The van der Waals surface area contributed by atoms with Crippen molar-refractivity contribution >= 4 is 11.0 Å². The number of nitrogens with zero attached hydrogens (tertiary/aromatic N) is 2. The molecule has 0 saturated carbocycles. The zero-order chi connectivity index (χ0) is 12.3. The Hall–Kier alpha value is -1.49. The standard InChI is InChI=1S/C12H15F2N3/c1-2-15-6-9-7-17(8-11(13)14)12-10(9)4-3-5-16-12/h3-5,7,11,15H,2,6,8H2,1H3. The van der Waals surface area contributed by atoms with E-state index in [2.05, 4.69) is 10.3 Å². The second-order valence-corrected chi connectivity index (χ2v) is 3.85. The fourth-order valence-corrected chi connectivity index (χ4v) is 1.88. The lowest BCUT2D eigenvalue weighted by molar-refractivity contribution is 0.128. The predicted octanol–water partition coefficient (Wildman–Crippen LogP) is 2.41. The first-order valence-corrected chi connectivity index (χ1v) is 5.64. The highest BCUT2D eigenvalue weighted by Crippen LogP contribution is 2.20. The summed E-state index contributed by atoms with van der Waals surface area (Å²) < 4.78 is 26.4. The van der Waals surface area contributed by atoms with Crippen LogP contribution in [0.1, 0.15) is 12.5 Å². The molecule has 1 N–H and O–H groups in total. The number of fused-ring (bicyclic) bond motifs is 1. The highest BCUT2D eigenvalue weighted by molar-refractivity contribution is 5.80. The summed E-state index contributed by atoms with van der Waals surface area (Å²) in [5.41, 5.74) is 1.64. The summed E-state index contributed by atoms with van der Waals surface area (Å²) >= 11 is 0. The van der Waals surface area contributed by atoms with Crippen LogP contribution in [0.15, 0.2) is 24.5 Å². The Morgan fingerprint density at radius 3 is 3.00 bits per heavy atom. The number of aromatic nitrogens is 2. The van der Waals surface area contributed by atoms with Crippen LogP contribution in [0.5, 0.6) is 0 Å². The van der Waals surface area contributed by atoms with E-state index in [-0.39, 0.29) is 6.54 Å². The molecule has 0 saturated heterocycles. The van der Waals surface area contributed by atoms with E-state index in [9.17, 15) is 8.78 Å². The van der Waals surface area contributed by atoms with Crippen LogP contribution >= 0.6 is 0 Å². The van der Waals surface area contributed by atoms with Gasteiger partial charge in [-0.3, -0.25) is 0 Å². The molecule has 2 aromatic heterocycles. The monoisotopic (exact) mass is 239 g/mol. The summed E-state index contributed by atoms with van der Waals surface area (Å²) in [6, 6.07) is 3.74. The topological polar surface area (TPSA) is 29.9 Å². The Morgan fingerprint density at radius 2 is 2.29 bits per heavy atom. The third-order valence-electron chi connectivity index (χ3n) is 2.62. The van der Waals surface area contributed by atoms with E-state index in [1.54, 1.807) is 12.4 Å². The van der Waals surface area contributed by atoms with Crippen LogP contribution < -0.4 is 5.32 Å². The van der Waals surface area contributed by atoms with Gasteiger partial charge in [0, 0.05) is 24.3 Å². The normalized spacial score (nSPS) is 11.5. The number of halogens is 2. The van der Waals surface area contributed by atoms with Gasteiger partial charge < -0.3 is 9.88 Å².